The summed E-state index contributed by atoms with van der Waals surface area (Å²) in [6, 6.07) is 0.639. The van der Waals surface area contributed by atoms with Crippen molar-refractivity contribution >= 4 is 0 Å². The van der Waals surface area contributed by atoms with E-state index in [-0.39, 0.29) is 0 Å². The summed E-state index contributed by atoms with van der Waals surface area (Å²) >= 11 is 0. The smallest absolute Gasteiger partial charge is 0.00964 e. The normalized spacial score (nSPS) is 35.1. The minimum Gasteiger partial charge on any atom is -0.300 e. The monoisotopic (exact) mass is 138 g/mol. The summed E-state index contributed by atoms with van der Waals surface area (Å²) in [5.41, 5.74) is 0. The van der Waals surface area contributed by atoms with Crippen LogP contribution < -0.4 is 0 Å². The van der Waals surface area contributed by atoms with Gasteiger partial charge in [0.2, 0.25) is 0 Å². The molecule has 1 saturated heterocycles. The lowest BCUT2D eigenvalue weighted by atomic mass is 10.2. The van der Waals surface area contributed by atoms with Crippen LogP contribution in [0, 0.1) is 12.8 Å². The molecule has 1 heteroatoms. The van der Waals surface area contributed by atoms with Crippen LogP contribution in [-0.4, -0.2) is 24.0 Å². The highest BCUT2D eigenvalue weighted by molar-refractivity contribution is 4.85. The lowest BCUT2D eigenvalue weighted by Gasteiger charge is -2.19. The number of likely N-dealkylation sites (tertiary alicyclic amines) is 1. The first-order chi connectivity index (χ1) is 4.86. The van der Waals surface area contributed by atoms with Crippen molar-refractivity contribution < 1.29 is 0 Å². The van der Waals surface area contributed by atoms with E-state index in [1.54, 1.807) is 0 Å². The van der Waals surface area contributed by atoms with Crippen molar-refractivity contribution in [3.63, 3.8) is 0 Å². The van der Waals surface area contributed by atoms with E-state index in [0.29, 0.717) is 6.04 Å². The molecule has 0 spiro atoms. The third kappa shape index (κ3) is 1.34. The first kappa shape index (κ1) is 6.66. The first-order valence-electron chi connectivity index (χ1n) is 4.43. The Morgan fingerprint density at radius 2 is 2.10 bits per heavy atom. The topological polar surface area (TPSA) is 3.24 Å². The van der Waals surface area contributed by atoms with E-state index in [1.807, 2.05) is 0 Å². The predicted molar refractivity (Wildman–Crippen MR) is 42.7 cm³/mol. The molecule has 0 aromatic heterocycles. The average molecular weight is 138 g/mol. The van der Waals surface area contributed by atoms with Gasteiger partial charge in [-0.05, 0) is 45.1 Å². The Morgan fingerprint density at radius 3 is 2.60 bits per heavy atom. The molecule has 1 radical (unpaired) electrons. The van der Waals surface area contributed by atoms with Gasteiger partial charge in [-0.15, -0.1) is 0 Å². The highest BCUT2D eigenvalue weighted by Crippen LogP contribution is 2.31. The van der Waals surface area contributed by atoms with Gasteiger partial charge in [0.15, 0.2) is 0 Å². The van der Waals surface area contributed by atoms with Crippen LogP contribution in [-0.2, 0) is 0 Å². The standard InChI is InChI=1S/C9H16N/c1-8-3-2-6-10(8)7-9-4-5-9/h8-9H,1-7H2/t8-/m1/s1. The van der Waals surface area contributed by atoms with Crippen molar-refractivity contribution in [1.29, 1.82) is 0 Å². The fourth-order valence-corrected chi connectivity index (χ4v) is 1.77. The number of hydrogen-bond donors (Lipinski definition) is 0. The Balaban J connectivity index is 1.79. The summed E-state index contributed by atoms with van der Waals surface area (Å²) in [5, 5.41) is 0. The molecule has 0 unspecified atom stereocenters. The summed E-state index contributed by atoms with van der Waals surface area (Å²) in [6.07, 6.45) is 5.65. The molecule has 0 amide bonds. The van der Waals surface area contributed by atoms with E-state index in [2.05, 4.69) is 11.8 Å². The molecular formula is C9H16N. The maximum atomic E-state index is 4.13. The van der Waals surface area contributed by atoms with Gasteiger partial charge in [0.1, 0.15) is 0 Å². The molecule has 2 rings (SSSR count). The van der Waals surface area contributed by atoms with Crippen LogP contribution in [0.3, 0.4) is 0 Å². The number of nitrogens with zero attached hydrogens (tertiary/aromatic N) is 1. The van der Waals surface area contributed by atoms with Crippen molar-refractivity contribution in [2.45, 2.75) is 31.7 Å². The zero-order chi connectivity index (χ0) is 6.97. The van der Waals surface area contributed by atoms with Crippen LogP contribution in [0.25, 0.3) is 0 Å². The Bertz CT molecular complexity index is 118. The second-order valence-electron chi connectivity index (χ2n) is 3.73. The van der Waals surface area contributed by atoms with E-state index in [0.717, 1.165) is 5.92 Å². The van der Waals surface area contributed by atoms with Gasteiger partial charge in [0, 0.05) is 12.6 Å². The van der Waals surface area contributed by atoms with Gasteiger partial charge < -0.3 is 4.90 Å². The quantitative estimate of drug-likeness (QED) is 0.561. The molecule has 2 aliphatic rings. The second-order valence-corrected chi connectivity index (χ2v) is 3.73. The summed E-state index contributed by atoms with van der Waals surface area (Å²) in [7, 11) is 0. The third-order valence-corrected chi connectivity index (χ3v) is 2.69. The van der Waals surface area contributed by atoms with Crippen LogP contribution in [0.5, 0.6) is 0 Å². The number of hydrogen-bond acceptors (Lipinski definition) is 1. The second kappa shape index (κ2) is 2.54. The van der Waals surface area contributed by atoms with Gasteiger partial charge in [0.25, 0.3) is 0 Å². The fraction of sp³-hybridized carbons (Fsp3) is 0.889. The molecule has 1 saturated carbocycles. The van der Waals surface area contributed by atoms with Gasteiger partial charge >= 0.3 is 0 Å². The van der Waals surface area contributed by atoms with Crippen LogP contribution in [0.2, 0.25) is 0 Å². The molecule has 0 aromatic rings. The third-order valence-electron chi connectivity index (χ3n) is 2.69. The Hall–Kier alpha value is -0.0400. The lowest BCUT2D eigenvalue weighted by molar-refractivity contribution is 0.276. The molecule has 1 atom stereocenters. The summed E-state index contributed by atoms with van der Waals surface area (Å²) in [5.74, 6) is 1.04. The van der Waals surface area contributed by atoms with Gasteiger partial charge in [-0.25, -0.2) is 0 Å². The first-order valence-corrected chi connectivity index (χ1v) is 4.43. The van der Waals surface area contributed by atoms with Crippen molar-refractivity contribution in [2.24, 2.45) is 5.92 Å². The zero-order valence-electron chi connectivity index (χ0n) is 6.55. The molecule has 0 aromatic carbocycles. The van der Waals surface area contributed by atoms with E-state index in [9.17, 15) is 0 Å². The number of rotatable bonds is 2. The van der Waals surface area contributed by atoms with Crippen LogP contribution in [0.15, 0.2) is 0 Å². The lowest BCUT2D eigenvalue weighted by Crippen LogP contribution is -2.28. The van der Waals surface area contributed by atoms with Crippen molar-refractivity contribution in [3.8, 4) is 0 Å². The van der Waals surface area contributed by atoms with Crippen LogP contribution >= 0.6 is 0 Å². The minimum absolute atomic E-state index is 0.639. The van der Waals surface area contributed by atoms with Crippen molar-refractivity contribution in [3.05, 3.63) is 6.92 Å². The molecule has 0 N–H and O–H groups in total. The minimum atomic E-state index is 0.639. The average Bonchev–Trinajstić information content (AvgIpc) is 2.62. The molecule has 10 heavy (non-hydrogen) atoms. The largest absolute Gasteiger partial charge is 0.300 e. The predicted octanol–water partition coefficient (Wildman–Crippen LogP) is 1.69. The highest BCUT2D eigenvalue weighted by atomic mass is 15.2. The highest BCUT2D eigenvalue weighted by Gasteiger charge is 2.28. The molecule has 0 bridgehead atoms. The molecule has 1 nitrogen and oxygen atoms in total. The van der Waals surface area contributed by atoms with Gasteiger partial charge in [-0.3, -0.25) is 0 Å². The Labute approximate surface area is 63.4 Å². The van der Waals surface area contributed by atoms with Gasteiger partial charge in [-0.1, -0.05) is 0 Å². The van der Waals surface area contributed by atoms with E-state index < -0.39 is 0 Å². The molecule has 1 aliphatic carbocycles. The van der Waals surface area contributed by atoms with E-state index in [1.165, 1.54) is 38.8 Å². The molecule has 1 heterocycles. The summed E-state index contributed by atoms with van der Waals surface area (Å²) < 4.78 is 0. The summed E-state index contributed by atoms with van der Waals surface area (Å²) in [4.78, 5) is 2.55. The molecule has 2 fully saturated rings. The van der Waals surface area contributed by atoms with Crippen molar-refractivity contribution in [1.82, 2.24) is 4.90 Å². The van der Waals surface area contributed by atoms with Gasteiger partial charge in [-0.2, -0.15) is 0 Å². The maximum absolute atomic E-state index is 4.13. The Kier molecular flexibility index (Phi) is 1.69. The van der Waals surface area contributed by atoms with Gasteiger partial charge in [0.05, 0.1) is 0 Å². The van der Waals surface area contributed by atoms with E-state index >= 15 is 0 Å². The SMILES string of the molecule is [CH2][C@@H]1CCCN1CC1CC1. The fourth-order valence-electron chi connectivity index (χ4n) is 1.77. The maximum Gasteiger partial charge on any atom is 0.00964 e. The molecular weight excluding hydrogens is 122 g/mol. The molecule has 57 valence electrons. The zero-order valence-corrected chi connectivity index (χ0v) is 6.55. The van der Waals surface area contributed by atoms with Crippen LogP contribution in [0.4, 0.5) is 0 Å². The Morgan fingerprint density at radius 1 is 1.30 bits per heavy atom. The van der Waals surface area contributed by atoms with Crippen LogP contribution in [0.1, 0.15) is 25.7 Å². The molecule has 1 aliphatic heterocycles. The summed E-state index contributed by atoms with van der Waals surface area (Å²) in [6.45, 7) is 6.78. The van der Waals surface area contributed by atoms with E-state index in [4.69, 9.17) is 0 Å². The van der Waals surface area contributed by atoms with Crippen molar-refractivity contribution in [2.75, 3.05) is 13.1 Å².